The lowest BCUT2D eigenvalue weighted by atomic mass is 10.2. The van der Waals surface area contributed by atoms with Crippen molar-refractivity contribution in [2.75, 3.05) is 24.7 Å². The van der Waals surface area contributed by atoms with E-state index in [1.54, 1.807) is 6.07 Å². The molecule has 0 aromatic carbocycles. The molecule has 82 valence electrons. The van der Waals surface area contributed by atoms with Gasteiger partial charge in [0.25, 0.3) is 0 Å². The van der Waals surface area contributed by atoms with Crippen molar-refractivity contribution >= 4 is 11.5 Å². The summed E-state index contributed by atoms with van der Waals surface area (Å²) in [7, 11) is 3.87. The zero-order valence-electron chi connectivity index (χ0n) is 9.78. The van der Waals surface area contributed by atoms with Crippen molar-refractivity contribution in [3.8, 4) is 6.07 Å². The SMILES string of the molecule is CC[C@@H](C)n1c(C#N)cc(N)c1N(C)C. The third kappa shape index (κ3) is 1.91. The maximum atomic E-state index is 9.04. The first-order chi connectivity index (χ1) is 7.02. The van der Waals surface area contributed by atoms with Crippen molar-refractivity contribution < 1.29 is 0 Å². The monoisotopic (exact) mass is 206 g/mol. The van der Waals surface area contributed by atoms with Crippen molar-refractivity contribution in [3.63, 3.8) is 0 Å². The summed E-state index contributed by atoms with van der Waals surface area (Å²) in [4.78, 5) is 1.95. The molecule has 1 heterocycles. The van der Waals surface area contributed by atoms with Gasteiger partial charge < -0.3 is 15.2 Å². The van der Waals surface area contributed by atoms with Gasteiger partial charge in [-0.3, -0.25) is 0 Å². The quantitative estimate of drug-likeness (QED) is 0.822. The van der Waals surface area contributed by atoms with Gasteiger partial charge in [0.1, 0.15) is 17.6 Å². The van der Waals surface area contributed by atoms with Gasteiger partial charge in [0.2, 0.25) is 0 Å². The lowest BCUT2D eigenvalue weighted by Gasteiger charge is -2.22. The fourth-order valence-corrected chi connectivity index (χ4v) is 1.72. The molecular formula is C11H18N4. The second-order valence-electron chi connectivity index (χ2n) is 3.94. The second kappa shape index (κ2) is 4.26. The Morgan fingerprint density at radius 2 is 2.20 bits per heavy atom. The summed E-state index contributed by atoms with van der Waals surface area (Å²) in [5.74, 6) is 0.918. The highest BCUT2D eigenvalue weighted by molar-refractivity contribution is 5.67. The number of nitrogens with zero attached hydrogens (tertiary/aromatic N) is 3. The highest BCUT2D eigenvalue weighted by Gasteiger charge is 2.17. The number of hydrogen-bond donors (Lipinski definition) is 1. The Bertz CT molecular complexity index is 384. The molecule has 0 unspecified atom stereocenters. The molecule has 1 aromatic rings. The Labute approximate surface area is 90.9 Å². The van der Waals surface area contributed by atoms with E-state index in [-0.39, 0.29) is 6.04 Å². The second-order valence-corrected chi connectivity index (χ2v) is 3.94. The molecule has 0 aliphatic rings. The predicted molar refractivity (Wildman–Crippen MR) is 62.9 cm³/mol. The molecule has 0 aliphatic carbocycles. The summed E-state index contributed by atoms with van der Waals surface area (Å²) in [5.41, 5.74) is 7.19. The maximum Gasteiger partial charge on any atom is 0.132 e. The van der Waals surface area contributed by atoms with Gasteiger partial charge in [0, 0.05) is 20.1 Å². The standard InChI is InChI=1S/C11H18N4/c1-5-8(2)15-9(7-12)6-10(13)11(15)14(3)4/h6,8H,5,13H2,1-4H3/t8-/m1/s1. The summed E-state index contributed by atoms with van der Waals surface area (Å²) in [5, 5.41) is 9.04. The lowest BCUT2D eigenvalue weighted by molar-refractivity contribution is 0.529. The highest BCUT2D eigenvalue weighted by Crippen LogP contribution is 2.30. The minimum Gasteiger partial charge on any atom is -0.396 e. The van der Waals surface area contributed by atoms with Crippen molar-refractivity contribution in [1.29, 1.82) is 5.26 Å². The highest BCUT2D eigenvalue weighted by atomic mass is 15.2. The molecule has 1 aromatic heterocycles. The average Bonchev–Trinajstić information content (AvgIpc) is 2.53. The molecule has 2 N–H and O–H groups in total. The normalized spacial score (nSPS) is 12.2. The first-order valence-corrected chi connectivity index (χ1v) is 5.11. The molecular weight excluding hydrogens is 188 g/mol. The Kier molecular flexibility index (Phi) is 3.25. The van der Waals surface area contributed by atoms with E-state index in [9.17, 15) is 0 Å². The van der Waals surface area contributed by atoms with Gasteiger partial charge in [0.05, 0.1) is 5.69 Å². The number of nitriles is 1. The van der Waals surface area contributed by atoms with Crippen LogP contribution in [0.1, 0.15) is 32.0 Å². The first-order valence-electron chi connectivity index (χ1n) is 5.11. The Hall–Kier alpha value is -1.63. The Morgan fingerprint density at radius 1 is 1.60 bits per heavy atom. The van der Waals surface area contributed by atoms with Gasteiger partial charge in [-0.25, -0.2) is 0 Å². The number of rotatable bonds is 3. The number of aromatic nitrogens is 1. The van der Waals surface area contributed by atoms with E-state index in [1.165, 1.54) is 0 Å². The van der Waals surface area contributed by atoms with Crippen LogP contribution in [0, 0.1) is 11.3 Å². The molecule has 0 saturated heterocycles. The number of hydrogen-bond acceptors (Lipinski definition) is 3. The molecule has 15 heavy (non-hydrogen) atoms. The minimum atomic E-state index is 0.286. The van der Waals surface area contributed by atoms with Crippen LogP contribution < -0.4 is 10.6 Å². The van der Waals surface area contributed by atoms with Crippen molar-refractivity contribution in [2.24, 2.45) is 0 Å². The van der Waals surface area contributed by atoms with Crippen molar-refractivity contribution in [2.45, 2.75) is 26.3 Å². The number of nitrogens with two attached hydrogens (primary N) is 1. The summed E-state index contributed by atoms with van der Waals surface area (Å²) < 4.78 is 2.00. The van der Waals surface area contributed by atoms with Crippen LogP contribution in [0.4, 0.5) is 11.5 Å². The summed E-state index contributed by atoms with van der Waals surface area (Å²) in [6, 6.07) is 4.21. The van der Waals surface area contributed by atoms with E-state index in [1.807, 2.05) is 23.6 Å². The molecule has 0 fully saturated rings. The molecule has 1 rings (SSSR count). The van der Waals surface area contributed by atoms with E-state index < -0.39 is 0 Å². The molecule has 4 heteroatoms. The van der Waals surface area contributed by atoms with Crippen LogP contribution in [0.15, 0.2) is 6.07 Å². The zero-order chi connectivity index (χ0) is 11.6. The Balaban J connectivity index is 3.37. The van der Waals surface area contributed by atoms with Gasteiger partial charge in [-0.1, -0.05) is 6.92 Å². The summed E-state index contributed by atoms with van der Waals surface area (Å²) >= 11 is 0. The number of nitrogen functional groups attached to an aromatic ring is 1. The lowest BCUT2D eigenvalue weighted by Crippen LogP contribution is -2.18. The van der Waals surface area contributed by atoms with E-state index in [0.29, 0.717) is 11.4 Å². The van der Waals surface area contributed by atoms with Crippen LogP contribution in [0.2, 0.25) is 0 Å². The third-order valence-corrected chi connectivity index (χ3v) is 2.61. The van der Waals surface area contributed by atoms with Gasteiger partial charge in [-0.2, -0.15) is 5.26 Å². The molecule has 4 nitrogen and oxygen atoms in total. The smallest absolute Gasteiger partial charge is 0.132 e. The average molecular weight is 206 g/mol. The topological polar surface area (TPSA) is 58.0 Å². The third-order valence-electron chi connectivity index (χ3n) is 2.61. The Morgan fingerprint density at radius 3 is 2.60 bits per heavy atom. The molecule has 0 aliphatic heterocycles. The number of anilines is 2. The van der Waals surface area contributed by atoms with E-state index in [0.717, 1.165) is 12.2 Å². The maximum absolute atomic E-state index is 9.04. The van der Waals surface area contributed by atoms with E-state index >= 15 is 0 Å². The van der Waals surface area contributed by atoms with Crippen LogP contribution >= 0.6 is 0 Å². The van der Waals surface area contributed by atoms with Crippen LogP contribution in [-0.2, 0) is 0 Å². The van der Waals surface area contributed by atoms with Crippen LogP contribution in [0.3, 0.4) is 0 Å². The van der Waals surface area contributed by atoms with Gasteiger partial charge in [-0.15, -0.1) is 0 Å². The van der Waals surface area contributed by atoms with Crippen molar-refractivity contribution in [3.05, 3.63) is 11.8 Å². The fourth-order valence-electron chi connectivity index (χ4n) is 1.72. The minimum absolute atomic E-state index is 0.286. The fraction of sp³-hybridized carbons (Fsp3) is 0.545. The zero-order valence-corrected chi connectivity index (χ0v) is 9.78. The first kappa shape index (κ1) is 11.4. The molecule has 0 amide bonds. The van der Waals surface area contributed by atoms with Crippen molar-refractivity contribution in [1.82, 2.24) is 4.57 Å². The predicted octanol–water partition coefficient (Wildman–Crippen LogP) is 1.98. The van der Waals surface area contributed by atoms with E-state index in [4.69, 9.17) is 11.0 Å². The molecule has 0 radical (unpaired) electrons. The van der Waals surface area contributed by atoms with Crippen LogP contribution in [0.25, 0.3) is 0 Å². The van der Waals surface area contributed by atoms with E-state index in [2.05, 4.69) is 19.9 Å². The van der Waals surface area contributed by atoms with Gasteiger partial charge in [0.15, 0.2) is 0 Å². The van der Waals surface area contributed by atoms with Gasteiger partial charge in [-0.05, 0) is 19.4 Å². The molecule has 0 bridgehead atoms. The van der Waals surface area contributed by atoms with Crippen LogP contribution in [-0.4, -0.2) is 18.7 Å². The molecule has 1 atom stereocenters. The van der Waals surface area contributed by atoms with Gasteiger partial charge >= 0.3 is 0 Å². The largest absolute Gasteiger partial charge is 0.396 e. The molecule has 0 saturated carbocycles. The summed E-state index contributed by atoms with van der Waals surface area (Å²) in [6.45, 7) is 4.19. The summed E-state index contributed by atoms with van der Waals surface area (Å²) in [6.07, 6.45) is 0.976. The molecule has 0 spiro atoms. The van der Waals surface area contributed by atoms with Crippen LogP contribution in [0.5, 0.6) is 0 Å².